The second-order valence-corrected chi connectivity index (χ2v) is 17.3. The molecular formula is C44H42Br2Cl2N4O4S. The van der Waals surface area contributed by atoms with E-state index in [4.69, 9.17) is 23.2 Å². The number of carbonyl (C=O) groups is 4. The van der Waals surface area contributed by atoms with Gasteiger partial charge in [-0.3, -0.25) is 19.2 Å². The summed E-state index contributed by atoms with van der Waals surface area (Å²) < 4.78 is 1.70. The van der Waals surface area contributed by atoms with Gasteiger partial charge in [0.15, 0.2) is 0 Å². The minimum absolute atomic E-state index is 0.0174. The van der Waals surface area contributed by atoms with Crippen molar-refractivity contribution in [2.24, 2.45) is 0 Å². The van der Waals surface area contributed by atoms with Gasteiger partial charge in [0.25, 0.3) is 0 Å². The van der Waals surface area contributed by atoms with Crippen molar-refractivity contribution in [1.82, 2.24) is 19.6 Å². The molecule has 2 saturated heterocycles. The van der Waals surface area contributed by atoms with E-state index in [1.165, 1.54) is 11.8 Å². The van der Waals surface area contributed by atoms with Gasteiger partial charge in [0, 0.05) is 108 Å². The molecule has 57 heavy (non-hydrogen) atoms. The van der Waals surface area contributed by atoms with E-state index in [9.17, 15) is 19.2 Å². The number of carbonyl (C=O) groups excluding carboxylic acids is 4. The Kier molecular flexibility index (Phi) is 14.8. The van der Waals surface area contributed by atoms with E-state index in [-0.39, 0.29) is 23.6 Å². The predicted octanol–water partition coefficient (Wildman–Crippen LogP) is 10.2. The van der Waals surface area contributed by atoms with E-state index in [2.05, 4.69) is 31.9 Å². The summed E-state index contributed by atoms with van der Waals surface area (Å²) in [7, 11) is 0. The van der Waals surface area contributed by atoms with Crippen LogP contribution in [-0.2, 0) is 19.2 Å². The van der Waals surface area contributed by atoms with Crippen LogP contribution in [0.5, 0.6) is 0 Å². The third-order valence-electron chi connectivity index (χ3n) is 10.1. The van der Waals surface area contributed by atoms with Crippen molar-refractivity contribution < 1.29 is 19.2 Å². The van der Waals surface area contributed by atoms with Gasteiger partial charge in [-0.05, 0) is 71.5 Å². The highest BCUT2D eigenvalue weighted by atomic mass is 79.9. The third kappa shape index (κ3) is 10.4. The van der Waals surface area contributed by atoms with Crippen LogP contribution in [0, 0.1) is 0 Å². The smallest absolute Gasteiger partial charge is 0.246 e. The second kappa shape index (κ2) is 19.7. The van der Waals surface area contributed by atoms with E-state index in [0.717, 1.165) is 65.0 Å². The van der Waals surface area contributed by atoms with Crippen molar-refractivity contribution in [3.63, 3.8) is 0 Å². The number of hydrogen-bond acceptors (Lipinski definition) is 5. The molecule has 2 heterocycles. The quantitative estimate of drug-likeness (QED) is 0.164. The van der Waals surface area contributed by atoms with Crippen LogP contribution >= 0.6 is 66.8 Å². The minimum Gasteiger partial charge on any atom is -0.341 e. The molecule has 13 heteroatoms. The van der Waals surface area contributed by atoms with Gasteiger partial charge in [0.2, 0.25) is 23.6 Å². The summed E-state index contributed by atoms with van der Waals surface area (Å²) in [6.45, 7) is 7.52. The Labute approximate surface area is 365 Å². The molecule has 4 aromatic carbocycles. The van der Waals surface area contributed by atoms with Crippen molar-refractivity contribution >= 4 is 103 Å². The first kappa shape index (κ1) is 42.7. The molecule has 296 valence electrons. The number of nitrogens with zero attached hydrogens (tertiary/aromatic N) is 4. The molecule has 2 aliphatic rings. The Balaban J connectivity index is 1.32. The number of hydrogen-bond donors (Lipinski definition) is 0. The maximum Gasteiger partial charge on any atom is 0.246 e. The molecule has 0 spiro atoms. The Bertz CT molecular complexity index is 2090. The Morgan fingerprint density at radius 2 is 0.912 bits per heavy atom. The number of halogens is 4. The van der Waals surface area contributed by atoms with Gasteiger partial charge in [-0.1, -0.05) is 115 Å². The van der Waals surface area contributed by atoms with Crippen LogP contribution < -0.4 is 0 Å². The molecule has 2 aliphatic heterocycles. The standard InChI is InChI=1S/C44H42Br2Cl2N4O4S/c1-29(53)49-21-7-23-51(27-25-49)39(55)19-15-31-13-17-37(43(47)41(31)33-9-3-5-11-35(33)45)57-38-18-14-32(42(44(38)48)34-10-4-6-12-36(34)46)16-20-40(56)52-24-8-22-50(26-28-52)30(2)54/h3-6,9-20H,7-8,21-28H2,1-2H3/b19-15+,20-16+. The van der Waals surface area contributed by atoms with Gasteiger partial charge in [-0.15, -0.1) is 0 Å². The lowest BCUT2D eigenvalue weighted by atomic mass is 9.99. The van der Waals surface area contributed by atoms with Crippen LogP contribution in [0.4, 0.5) is 0 Å². The number of rotatable bonds is 8. The Morgan fingerprint density at radius 1 is 0.544 bits per heavy atom. The molecule has 0 unspecified atom stereocenters. The highest BCUT2D eigenvalue weighted by Crippen LogP contribution is 2.48. The summed E-state index contributed by atoms with van der Waals surface area (Å²) in [5.41, 5.74) is 4.80. The molecule has 0 aliphatic carbocycles. The molecule has 0 bridgehead atoms. The lowest BCUT2D eigenvalue weighted by Crippen LogP contribution is -2.35. The van der Waals surface area contributed by atoms with Crippen LogP contribution in [-0.4, -0.2) is 95.6 Å². The molecule has 0 radical (unpaired) electrons. The van der Waals surface area contributed by atoms with Gasteiger partial charge in [0.05, 0.1) is 10.0 Å². The van der Waals surface area contributed by atoms with Crippen molar-refractivity contribution in [2.75, 3.05) is 52.4 Å². The first-order chi connectivity index (χ1) is 27.4. The fraction of sp³-hybridized carbons (Fsp3) is 0.273. The molecule has 2 fully saturated rings. The average Bonchev–Trinajstić information content (AvgIpc) is 3.61. The molecule has 6 rings (SSSR count). The third-order valence-corrected chi connectivity index (χ3v) is 13.6. The lowest BCUT2D eigenvalue weighted by molar-refractivity contribution is -0.130. The summed E-state index contributed by atoms with van der Waals surface area (Å²) >= 11 is 23.5. The van der Waals surface area contributed by atoms with Crippen LogP contribution in [0.3, 0.4) is 0 Å². The zero-order valence-corrected chi connectivity index (χ0v) is 37.2. The van der Waals surface area contributed by atoms with Crippen molar-refractivity contribution in [3.05, 3.63) is 115 Å². The Hall–Kier alpha value is -3.87. The molecule has 0 atom stereocenters. The minimum atomic E-state index is -0.124. The van der Waals surface area contributed by atoms with E-state index < -0.39 is 0 Å². The largest absolute Gasteiger partial charge is 0.341 e. The predicted molar refractivity (Wildman–Crippen MR) is 238 cm³/mol. The average molecular weight is 954 g/mol. The molecule has 0 N–H and O–H groups in total. The normalized spacial score (nSPS) is 15.3. The SMILES string of the molecule is CC(=O)N1CCCN(C(=O)/C=C/c2ccc(Sc3ccc(/C=C/C(=O)N4CCCN(C(C)=O)CC4)c(-c4ccccc4Br)c3Cl)c(Cl)c2-c2ccccc2Br)CC1. The molecule has 8 nitrogen and oxygen atoms in total. The van der Waals surface area contributed by atoms with Crippen LogP contribution in [0.2, 0.25) is 10.0 Å². The number of amides is 4. The number of benzene rings is 4. The van der Waals surface area contributed by atoms with E-state index >= 15 is 0 Å². The Morgan fingerprint density at radius 3 is 1.30 bits per heavy atom. The first-order valence-corrected chi connectivity index (χ1v) is 21.9. The van der Waals surface area contributed by atoms with Crippen LogP contribution in [0.1, 0.15) is 37.8 Å². The van der Waals surface area contributed by atoms with Gasteiger partial charge in [-0.25, -0.2) is 0 Å². The topological polar surface area (TPSA) is 81.2 Å². The molecule has 0 aromatic heterocycles. The van der Waals surface area contributed by atoms with Crippen molar-refractivity contribution in [1.29, 1.82) is 0 Å². The van der Waals surface area contributed by atoms with Gasteiger partial charge >= 0.3 is 0 Å². The lowest BCUT2D eigenvalue weighted by Gasteiger charge is -2.20. The summed E-state index contributed by atoms with van der Waals surface area (Å²) in [6, 6.07) is 23.4. The highest BCUT2D eigenvalue weighted by Gasteiger charge is 2.23. The molecule has 0 saturated carbocycles. The van der Waals surface area contributed by atoms with Gasteiger partial charge in [-0.2, -0.15) is 0 Å². The maximum absolute atomic E-state index is 13.4. The zero-order chi connectivity index (χ0) is 40.6. The van der Waals surface area contributed by atoms with E-state index in [1.54, 1.807) is 57.8 Å². The van der Waals surface area contributed by atoms with Crippen LogP contribution in [0.25, 0.3) is 34.4 Å². The molecule has 4 aromatic rings. The fourth-order valence-electron chi connectivity index (χ4n) is 7.01. The second-order valence-electron chi connectivity index (χ2n) is 13.8. The van der Waals surface area contributed by atoms with Crippen molar-refractivity contribution in [3.8, 4) is 22.3 Å². The van der Waals surface area contributed by atoms with E-state index in [0.29, 0.717) is 62.4 Å². The summed E-state index contributed by atoms with van der Waals surface area (Å²) in [5.74, 6) is -0.213. The zero-order valence-electron chi connectivity index (χ0n) is 31.7. The van der Waals surface area contributed by atoms with Gasteiger partial charge in [0.1, 0.15) is 0 Å². The van der Waals surface area contributed by atoms with Crippen molar-refractivity contribution in [2.45, 2.75) is 36.5 Å². The van der Waals surface area contributed by atoms with Crippen LogP contribution in [0.15, 0.2) is 104 Å². The monoisotopic (exact) mass is 950 g/mol. The molecule has 4 amide bonds. The van der Waals surface area contributed by atoms with Gasteiger partial charge < -0.3 is 19.6 Å². The van der Waals surface area contributed by atoms with E-state index in [1.807, 2.05) is 72.8 Å². The highest BCUT2D eigenvalue weighted by molar-refractivity contribution is 9.11. The first-order valence-electron chi connectivity index (χ1n) is 18.7. The summed E-state index contributed by atoms with van der Waals surface area (Å²) in [5, 5.41) is 1.00. The maximum atomic E-state index is 13.4. The molecular weight excluding hydrogens is 911 g/mol. The summed E-state index contributed by atoms with van der Waals surface area (Å²) in [6.07, 6.45) is 8.20. The fourth-order valence-corrected chi connectivity index (χ4v) is 9.65. The summed E-state index contributed by atoms with van der Waals surface area (Å²) in [4.78, 5) is 59.3.